The van der Waals surface area contributed by atoms with Crippen molar-refractivity contribution in [1.29, 1.82) is 0 Å². The van der Waals surface area contributed by atoms with Crippen LogP contribution in [0.15, 0.2) is 22.9 Å². The third-order valence-corrected chi connectivity index (χ3v) is 3.89. The van der Waals surface area contributed by atoms with Crippen LogP contribution in [-0.2, 0) is 4.79 Å². The Labute approximate surface area is 128 Å². The quantitative estimate of drug-likeness (QED) is 0.860. The zero-order valence-electron chi connectivity index (χ0n) is 12.8. The molecule has 0 saturated carbocycles. The normalized spacial score (nSPS) is 16.2. The Kier molecular flexibility index (Phi) is 4.13. The zero-order chi connectivity index (χ0) is 15.5. The second-order valence-corrected chi connectivity index (χ2v) is 5.82. The summed E-state index contributed by atoms with van der Waals surface area (Å²) >= 11 is 0. The average Bonchev–Trinajstić information content (AvgIpc) is 3.05. The fraction of sp³-hybridized carbons (Fsp3) is 0.533. The fourth-order valence-corrected chi connectivity index (χ4v) is 2.64. The average molecular weight is 301 g/mol. The summed E-state index contributed by atoms with van der Waals surface area (Å²) in [7, 11) is 0. The van der Waals surface area contributed by atoms with Crippen molar-refractivity contribution in [3.8, 4) is 11.5 Å². The highest BCUT2D eigenvalue weighted by atomic mass is 16.5. The maximum Gasteiger partial charge on any atom is 0.230 e. The molecule has 7 heteroatoms. The van der Waals surface area contributed by atoms with Gasteiger partial charge in [-0.3, -0.25) is 4.79 Å². The van der Waals surface area contributed by atoms with Crippen LogP contribution in [0.1, 0.15) is 38.5 Å². The topological polar surface area (TPSA) is 85.0 Å². The van der Waals surface area contributed by atoms with Gasteiger partial charge in [0.25, 0.3) is 0 Å². The first-order chi connectivity index (χ1) is 10.6. The van der Waals surface area contributed by atoms with E-state index in [1.54, 1.807) is 18.3 Å². The molecule has 1 aliphatic rings. The molecule has 0 N–H and O–H groups in total. The van der Waals surface area contributed by atoms with Crippen LogP contribution in [0.5, 0.6) is 0 Å². The van der Waals surface area contributed by atoms with Gasteiger partial charge < -0.3 is 9.42 Å². The molecule has 0 radical (unpaired) electrons. The second-order valence-electron chi connectivity index (χ2n) is 5.82. The van der Waals surface area contributed by atoms with Gasteiger partial charge in [-0.1, -0.05) is 19.0 Å². The second kappa shape index (κ2) is 6.21. The van der Waals surface area contributed by atoms with E-state index in [-0.39, 0.29) is 17.7 Å². The zero-order valence-corrected chi connectivity index (χ0v) is 12.8. The van der Waals surface area contributed by atoms with Crippen molar-refractivity contribution in [2.45, 2.75) is 32.6 Å². The minimum atomic E-state index is 0.0446. The van der Waals surface area contributed by atoms with Crippen LogP contribution in [0.2, 0.25) is 0 Å². The minimum Gasteiger partial charge on any atom is -0.342 e. The standard InChI is InChI=1S/C15H19N5O2/c1-10(2)15(21)20-8-5-11(6-9-20)14-17-13(19-22-14)12-4-3-7-16-18-12/h3-4,7,10-11H,5-6,8-9H2,1-2H3. The molecule has 0 bridgehead atoms. The number of aromatic nitrogens is 4. The van der Waals surface area contributed by atoms with E-state index in [1.807, 2.05) is 18.7 Å². The molecular formula is C15H19N5O2. The summed E-state index contributed by atoms with van der Waals surface area (Å²) in [4.78, 5) is 18.3. The van der Waals surface area contributed by atoms with Crippen LogP contribution < -0.4 is 0 Å². The SMILES string of the molecule is CC(C)C(=O)N1CCC(c2nc(-c3cccnn3)no2)CC1. The van der Waals surface area contributed by atoms with Crippen molar-refractivity contribution in [3.05, 3.63) is 24.2 Å². The molecular weight excluding hydrogens is 282 g/mol. The van der Waals surface area contributed by atoms with Gasteiger partial charge in [-0.25, -0.2) is 0 Å². The third-order valence-electron chi connectivity index (χ3n) is 3.89. The van der Waals surface area contributed by atoms with Gasteiger partial charge in [0, 0.05) is 31.1 Å². The van der Waals surface area contributed by atoms with Crippen LogP contribution in [0, 0.1) is 5.92 Å². The number of hydrogen-bond donors (Lipinski definition) is 0. The first-order valence-electron chi connectivity index (χ1n) is 7.55. The predicted molar refractivity (Wildman–Crippen MR) is 78.7 cm³/mol. The molecule has 1 saturated heterocycles. The number of amides is 1. The molecule has 0 aromatic carbocycles. The molecule has 2 aromatic heterocycles. The number of carbonyl (C=O) groups excluding carboxylic acids is 1. The van der Waals surface area contributed by atoms with Gasteiger partial charge in [0.2, 0.25) is 17.6 Å². The van der Waals surface area contributed by atoms with E-state index in [1.165, 1.54) is 0 Å². The van der Waals surface area contributed by atoms with Crippen molar-refractivity contribution in [2.75, 3.05) is 13.1 Å². The van der Waals surface area contributed by atoms with Gasteiger partial charge >= 0.3 is 0 Å². The highest BCUT2D eigenvalue weighted by Crippen LogP contribution is 2.28. The van der Waals surface area contributed by atoms with Crippen molar-refractivity contribution in [1.82, 2.24) is 25.2 Å². The highest BCUT2D eigenvalue weighted by molar-refractivity contribution is 5.78. The van der Waals surface area contributed by atoms with Crippen LogP contribution in [0.25, 0.3) is 11.5 Å². The first-order valence-corrected chi connectivity index (χ1v) is 7.55. The van der Waals surface area contributed by atoms with Crippen LogP contribution in [0.4, 0.5) is 0 Å². The molecule has 116 valence electrons. The molecule has 2 aromatic rings. The Morgan fingerprint density at radius 1 is 1.36 bits per heavy atom. The van der Waals surface area contributed by atoms with E-state index in [9.17, 15) is 4.79 Å². The monoisotopic (exact) mass is 301 g/mol. The van der Waals surface area contributed by atoms with Gasteiger partial charge in [0.05, 0.1) is 0 Å². The summed E-state index contributed by atoms with van der Waals surface area (Å²) in [6.07, 6.45) is 3.30. The predicted octanol–water partition coefficient (Wildman–Crippen LogP) is 1.89. The highest BCUT2D eigenvalue weighted by Gasteiger charge is 2.28. The smallest absolute Gasteiger partial charge is 0.230 e. The van der Waals surface area contributed by atoms with Crippen molar-refractivity contribution < 1.29 is 9.32 Å². The van der Waals surface area contributed by atoms with E-state index in [4.69, 9.17) is 4.52 Å². The Balaban J connectivity index is 1.65. The Bertz CT molecular complexity index is 632. The first kappa shape index (κ1) is 14.6. The summed E-state index contributed by atoms with van der Waals surface area (Å²) in [5.74, 6) is 1.54. The summed E-state index contributed by atoms with van der Waals surface area (Å²) in [5.41, 5.74) is 0.602. The summed E-state index contributed by atoms with van der Waals surface area (Å²) in [5, 5.41) is 11.8. The summed E-state index contributed by atoms with van der Waals surface area (Å²) in [6.45, 7) is 5.34. The Hall–Kier alpha value is -2.31. The molecule has 1 fully saturated rings. The van der Waals surface area contributed by atoms with Gasteiger partial charge in [-0.2, -0.15) is 10.1 Å². The number of carbonyl (C=O) groups is 1. The van der Waals surface area contributed by atoms with E-state index in [2.05, 4.69) is 20.3 Å². The number of piperidine rings is 1. The van der Waals surface area contributed by atoms with E-state index in [0.29, 0.717) is 17.4 Å². The summed E-state index contributed by atoms with van der Waals surface area (Å²) in [6, 6.07) is 3.58. The molecule has 1 amide bonds. The number of hydrogen-bond acceptors (Lipinski definition) is 6. The van der Waals surface area contributed by atoms with Gasteiger partial charge in [-0.05, 0) is 25.0 Å². The maximum atomic E-state index is 12.0. The minimum absolute atomic E-state index is 0.0446. The number of likely N-dealkylation sites (tertiary alicyclic amines) is 1. The lowest BCUT2D eigenvalue weighted by Gasteiger charge is -2.31. The van der Waals surface area contributed by atoms with Crippen LogP contribution in [0.3, 0.4) is 0 Å². The molecule has 22 heavy (non-hydrogen) atoms. The molecule has 0 unspecified atom stereocenters. The molecule has 3 heterocycles. The molecule has 7 nitrogen and oxygen atoms in total. The van der Waals surface area contributed by atoms with E-state index in [0.717, 1.165) is 25.9 Å². The fourth-order valence-electron chi connectivity index (χ4n) is 2.64. The Morgan fingerprint density at radius 2 is 2.14 bits per heavy atom. The van der Waals surface area contributed by atoms with Crippen molar-refractivity contribution >= 4 is 5.91 Å². The molecule has 1 aliphatic heterocycles. The summed E-state index contributed by atoms with van der Waals surface area (Å²) < 4.78 is 5.37. The van der Waals surface area contributed by atoms with E-state index >= 15 is 0 Å². The van der Waals surface area contributed by atoms with Gasteiger partial charge in [0.15, 0.2) is 0 Å². The lowest BCUT2D eigenvalue weighted by molar-refractivity contribution is -0.135. The van der Waals surface area contributed by atoms with Crippen molar-refractivity contribution in [3.63, 3.8) is 0 Å². The third kappa shape index (κ3) is 2.98. The van der Waals surface area contributed by atoms with Crippen molar-refractivity contribution in [2.24, 2.45) is 5.92 Å². The molecule has 0 atom stereocenters. The molecule has 0 spiro atoms. The number of nitrogens with zero attached hydrogens (tertiary/aromatic N) is 5. The van der Waals surface area contributed by atoms with Crippen LogP contribution >= 0.6 is 0 Å². The van der Waals surface area contributed by atoms with Crippen LogP contribution in [-0.4, -0.2) is 44.2 Å². The maximum absolute atomic E-state index is 12.0. The molecule has 3 rings (SSSR count). The Morgan fingerprint density at radius 3 is 2.77 bits per heavy atom. The lowest BCUT2D eigenvalue weighted by Crippen LogP contribution is -2.40. The largest absolute Gasteiger partial charge is 0.342 e. The van der Waals surface area contributed by atoms with Gasteiger partial charge in [0.1, 0.15) is 5.69 Å². The van der Waals surface area contributed by atoms with Gasteiger partial charge in [-0.15, -0.1) is 5.10 Å². The van der Waals surface area contributed by atoms with E-state index < -0.39 is 0 Å². The molecule has 0 aliphatic carbocycles. The number of rotatable bonds is 3. The lowest BCUT2D eigenvalue weighted by atomic mass is 9.96.